The molecule has 0 amide bonds. The summed E-state index contributed by atoms with van der Waals surface area (Å²) in [4.78, 5) is 22.9. The van der Waals surface area contributed by atoms with Gasteiger partial charge in [-0.15, -0.1) is 0 Å². The molecule has 0 aliphatic heterocycles. The molecule has 2 rings (SSSR count). The first-order valence-electron chi connectivity index (χ1n) is 6.15. The van der Waals surface area contributed by atoms with Gasteiger partial charge in [-0.25, -0.2) is 0 Å². The summed E-state index contributed by atoms with van der Waals surface area (Å²) >= 11 is 0. The zero-order chi connectivity index (χ0) is 14.5. The van der Waals surface area contributed by atoms with Crippen molar-refractivity contribution in [1.82, 2.24) is 0 Å². The third-order valence-corrected chi connectivity index (χ3v) is 2.74. The molecule has 0 saturated heterocycles. The predicted octanol–water partition coefficient (Wildman–Crippen LogP) is 2.74. The Morgan fingerprint density at radius 2 is 1.80 bits per heavy atom. The van der Waals surface area contributed by atoms with E-state index >= 15 is 0 Å². The third kappa shape index (κ3) is 3.45. The van der Waals surface area contributed by atoms with Crippen LogP contribution in [0.2, 0.25) is 0 Å². The second kappa shape index (κ2) is 6.02. The summed E-state index contributed by atoms with van der Waals surface area (Å²) in [5.41, 5.74) is 1.09. The second-order valence-corrected chi connectivity index (χ2v) is 4.36. The van der Waals surface area contributed by atoms with Crippen molar-refractivity contribution in [1.29, 1.82) is 0 Å². The van der Waals surface area contributed by atoms with Crippen LogP contribution in [0.25, 0.3) is 0 Å². The molecule has 0 fully saturated rings. The summed E-state index contributed by atoms with van der Waals surface area (Å²) in [6.07, 6.45) is 0.210. The maximum Gasteiger partial charge on any atom is 0.308 e. The molecule has 0 unspecified atom stereocenters. The average Bonchev–Trinajstić information content (AvgIpc) is 2.39. The third-order valence-electron chi connectivity index (χ3n) is 2.74. The number of phenols is 1. The van der Waals surface area contributed by atoms with Crippen molar-refractivity contribution < 1.29 is 19.4 Å². The van der Waals surface area contributed by atoms with Crippen LogP contribution in [0.15, 0.2) is 48.5 Å². The first-order chi connectivity index (χ1) is 9.56. The van der Waals surface area contributed by atoms with Gasteiger partial charge in [-0.1, -0.05) is 30.3 Å². The summed E-state index contributed by atoms with van der Waals surface area (Å²) in [7, 11) is 0. The molecule has 0 aliphatic rings. The van der Waals surface area contributed by atoms with E-state index in [0.29, 0.717) is 0 Å². The van der Waals surface area contributed by atoms with Crippen LogP contribution in [0.4, 0.5) is 0 Å². The molecule has 0 aliphatic carbocycles. The van der Waals surface area contributed by atoms with Gasteiger partial charge in [0.25, 0.3) is 0 Å². The highest BCUT2D eigenvalue weighted by Crippen LogP contribution is 2.25. The fourth-order valence-electron chi connectivity index (χ4n) is 1.85. The van der Waals surface area contributed by atoms with Gasteiger partial charge in [-0.05, 0) is 17.7 Å². The zero-order valence-electron chi connectivity index (χ0n) is 11.0. The topological polar surface area (TPSA) is 63.6 Å². The molecule has 4 nitrogen and oxygen atoms in total. The monoisotopic (exact) mass is 270 g/mol. The van der Waals surface area contributed by atoms with Crippen molar-refractivity contribution in [3.05, 3.63) is 59.7 Å². The highest BCUT2D eigenvalue weighted by molar-refractivity contribution is 6.00. The quantitative estimate of drug-likeness (QED) is 0.527. The Hall–Kier alpha value is -2.62. The van der Waals surface area contributed by atoms with Gasteiger partial charge >= 0.3 is 5.97 Å². The lowest BCUT2D eigenvalue weighted by molar-refractivity contribution is -0.131. The molecule has 0 atom stereocenters. The van der Waals surface area contributed by atoms with Gasteiger partial charge < -0.3 is 9.84 Å². The molecular weight excluding hydrogens is 256 g/mol. The number of aromatic hydroxyl groups is 1. The van der Waals surface area contributed by atoms with Crippen LogP contribution in [0, 0.1) is 0 Å². The fourth-order valence-corrected chi connectivity index (χ4v) is 1.85. The van der Waals surface area contributed by atoms with Gasteiger partial charge in [0.05, 0.1) is 5.56 Å². The normalized spacial score (nSPS) is 10.1. The van der Waals surface area contributed by atoms with Crippen LogP contribution in [0.3, 0.4) is 0 Å². The van der Waals surface area contributed by atoms with E-state index < -0.39 is 5.97 Å². The second-order valence-electron chi connectivity index (χ2n) is 4.36. The Balaban J connectivity index is 2.16. The summed E-state index contributed by atoms with van der Waals surface area (Å²) in [5, 5.41) is 9.84. The Kier molecular flexibility index (Phi) is 4.15. The van der Waals surface area contributed by atoms with Crippen molar-refractivity contribution in [3.63, 3.8) is 0 Å². The number of Topliss-reactive ketones (excluding diaryl/α,β-unsaturated/α-hetero) is 1. The zero-order valence-corrected chi connectivity index (χ0v) is 11.0. The minimum atomic E-state index is -0.479. The van der Waals surface area contributed by atoms with Crippen molar-refractivity contribution in [3.8, 4) is 11.5 Å². The van der Waals surface area contributed by atoms with E-state index in [1.54, 1.807) is 0 Å². The number of phenolic OH excluding ortho intramolecular Hbond substituents is 1. The lowest BCUT2D eigenvalue weighted by Gasteiger charge is -2.06. The van der Waals surface area contributed by atoms with Crippen LogP contribution in [0.1, 0.15) is 22.8 Å². The van der Waals surface area contributed by atoms with E-state index in [-0.39, 0.29) is 29.3 Å². The van der Waals surface area contributed by atoms with Crippen LogP contribution in [-0.4, -0.2) is 16.9 Å². The first-order valence-corrected chi connectivity index (χ1v) is 6.15. The summed E-state index contributed by atoms with van der Waals surface area (Å²) < 4.78 is 4.84. The minimum absolute atomic E-state index is 0.190. The van der Waals surface area contributed by atoms with Crippen molar-refractivity contribution in [2.24, 2.45) is 0 Å². The Bertz CT molecular complexity index is 632. The highest BCUT2D eigenvalue weighted by atomic mass is 16.5. The van der Waals surface area contributed by atoms with Crippen molar-refractivity contribution in [2.45, 2.75) is 13.3 Å². The molecule has 0 bridgehead atoms. The standard InChI is InChI=1S/C16H14O4/c1-11(17)20-13-7-8-14(16(19)10-13)15(18)9-12-5-3-2-4-6-12/h2-8,10,19H,9H2,1H3. The maximum absolute atomic E-state index is 12.1. The van der Waals surface area contributed by atoms with Gasteiger partial charge in [0.1, 0.15) is 11.5 Å². The smallest absolute Gasteiger partial charge is 0.308 e. The molecule has 0 heterocycles. The number of hydrogen-bond donors (Lipinski definition) is 1. The Morgan fingerprint density at radius 3 is 2.40 bits per heavy atom. The number of rotatable bonds is 4. The lowest BCUT2D eigenvalue weighted by Crippen LogP contribution is -2.05. The van der Waals surface area contributed by atoms with Gasteiger partial charge in [0, 0.05) is 19.4 Å². The van der Waals surface area contributed by atoms with Gasteiger partial charge in [0.15, 0.2) is 5.78 Å². The van der Waals surface area contributed by atoms with Crippen LogP contribution >= 0.6 is 0 Å². The number of esters is 1. The molecule has 4 heteroatoms. The van der Waals surface area contributed by atoms with E-state index in [2.05, 4.69) is 0 Å². The molecule has 0 saturated carbocycles. The van der Waals surface area contributed by atoms with Gasteiger partial charge in [-0.3, -0.25) is 9.59 Å². The largest absolute Gasteiger partial charge is 0.507 e. The lowest BCUT2D eigenvalue weighted by atomic mass is 10.0. The highest BCUT2D eigenvalue weighted by Gasteiger charge is 2.13. The molecule has 1 N–H and O–H groups in total. The SMILES string of the molecule is CC(=O)Oc1ccc(C(=O)Cc2ccccc2)c(O)c1. The molecule has 0 aromatic heterocycles. The van der Waals surface area contributed by atoms with Crippen LogP contribution in [0.5, 0.6) is 11.5 Å². The summed E-state index contributed by atoms with van der Waals surface area (Å²) in [6.45, 7) is 1.27. The summed E-state index contributed by atoms with van der Waals surface area (Å²) in [6, 6.07) is 13.5. The molecule has 0 radical (unpaired) electrons. The molecule has 2 aromatic rings. The Morgan fingerprint density at radius 1 is 1.10 bits per heavy atom. The molecule has 20 heavy (non-hydrogen) atoms. The maximum atomic E-state index is 12.1. The number of carbonyl (C=O) groups is 2. The van der Waals surface area contributed by atoms with E-state index in [4.69, 9.17) is 4.74 Å². The van der Waals surface area contributed by atoms with Crippen LogP contribution in [-0.2, 0) is 11.2 Å². The van der Waals surface area contributed by atoms with Gasteiger partial charge in [0.2, 0.25) is 0 Å². The number of ether oxygens (including phenoxy) is 1. The van der Waals surface area contributed by atoms with Gasteiger partial charge in [-0.2, -0.15) is 0 Å². The van der Waals surface area contributed by atoms with E-state index in [1.807, 2.05) is 30.3 Å². The van der Waals surface area contributed by atoms with Crippen molar-refractivity contribution >= 4 is 11.8 Å². The Labute approximate surface area is 116 Å². The predicted molar refractivity (Wildman–Crippen MR) is 73.9 cm³/mol. The van der Waals surface area contributed by atoms with Crippen molar-refractivity contribution in [2.75, 3.05) is 0 Å². The number of hydrogen-bond acceptors (Lipinski definition) is 4. The molecule has 102 valence electrons. The number of carbonyl (C=O) groups excluding carboxylic acids is 2. The fraction of sp³-hybridized carbons (Fsp3) is 0.125. The minimum Gasteiger partial charge on any atom is -0.507 e. The number of benzene rings is 2. The van der Waals surface area contributed by atoms with E-state index in [0.717, 1.165) is 5.56 Å². The molecular formula is C16H14O4. The first kappa shape index (κ1) is 13.8. The molecule has 0 spiro atoms. The van der Waals surface area contributed by atoms with Crippen LogP contribution < -0.4 is 4.74 Å². The molecule has 2 aromatic carbocycles. The average molecular weight is 270 g/mol. The van der Waals surface area contributed by atoms with E-state index in [9.17, 15) is 14.7 Å². The number of ketones is 1. The van der Waals surface area contributed by atoms with E-state index in [1.165, 1.54) is 25.1 Å². The summed E-state index contributed by atoms with van der Waals surface area (Å²) in [5.74, 6) is -0.647.